The van der Waals surface area contributed by atoms with Crippen molar-refractivity contribution in [3.63, 3.8) is 0 Å². The average molecular weight is 190 g/mol. The van der Waals surface area contributed by atoms with Crippen molar-refractivity contribution in [2.75, 3.05) is 0 Å². The SMILES string of the molecule is C=CC(c1nnn[nH]1)P(=O)(O)O. The Morgan fingerprint density at radius 3 is 2.67 bits per heavy atom. The van der Waals surface area contributed by atoms with Crippen molar-refractivity contribution in [1.82, 2.24) is 20.6 Å². The lowest BCUT2D eigenvalue weighted by Crippen LogP contribution is -1.98. The highest BCUT2D eigenvalue weighted by Crippen LogP contribution is 2.50. The van der Waals surface area contributed by atoms with Crippen molar-refractivity contribution in [3.8, 4) is 0 Å². The summed E-state index contributed by atoms with van der Waals surface area (Å²) in [6.07, 6.45) is 1.10. The first-order chi connectivity index (χ1) is 5.55. The first-order valence-electron chi connectivity index (χ1n) is 2.97. The average Bonchev–Trinajstić information content (AvgIpc) is 2.38. The summed E-state index contributed by atoms with van der Waals surface area (Å²) < 4.78 is 10.8. The summed E-state index contributed by atoms with van der Waals surface area (Å²) in [4.78, 5) is 17.5. The van der Waals surface area contributed by atoms with Gasteiger partial charge in [-0.25, -0.2) is 5.10 Å². The van der Waals surface area contributed by atoms with Crippen molar-refractivity contribution < 1.29 is 14.4 Å². The Kier molecular flexibility index (Phi) is 2.37. The van der Waals surface area contributed by atoms with Gasteiger partial charge in [0, 0.05) is 0 Å². The Hall–Kier alpha value is -1.04. The molecule has 1 aromatic rings. The molecule has 0 radical (unpaired) electrons. The number of aromatic nitrogens is 4. The van der Waals surface area contributed by atoms with Gasteiger partial charge in [-0.2, -0.15) is 0 Å². The van der Waals surface area contributed by atoms with Crippen LogP contribution >= 0.6 is 7.60 Å². The van der Waals surface area contributed by atoms with Crippen molar-refractivity contribution in [3.05, 3.63) is 18.5 Å². The zero-order valence-corrected chi connectivity index (χ0v) is 6.85. The molecule has 8 heteroatoms. The third kappa shape index (κ3) is 1.76. The zero-order chi connectivity index (χ0) is 9.19. The molecule has 0 saturated heterocycles. The van der Waals surface area contributed by atoms with Gasteiger partial charge in [0.1, 0.15) is 5.66 Å². The Balaban J connectivity index is 3.00. The molecule has 3 N–H and O–H groups in total. The van der Waals surface area contributed by atoms with Crippen LogP contribution in [0.3, 0.4) is 0 Å². The molecule has 0 aliphatic rings. The van der Waals surface area contributed by atoms with E-state index in [0.29, 0.717) is 0 Å². The van der Waals surface area contributed by atoms with Gasteiger partial charge in [0.05, 0.1) is 0 Å². The summed E-state index contributed by atoms with van der Waals surface area (Å²) in [5, 5.41) is 12.0. The minimum absolute atomic E-state index is 0.0123. The van der Waals surface area contributed by atoms with Crippen LogP contribution in [0.25, 0.3) is 0 Å². The monoisotopic (exact) mass is 190 g/mol. The van der Waals surface area contributed by atoms with Gasteiger partial charge >= 0.3 is 7.60 Å². The minimum Gasteiger partial charge on any atom is -0.324 e. The van der Waals surface area contributed by atoms with E-state index < -0.39 is 13.3 Å². The molecule has 0 aliphatic heterocycles. The summed E-state index contributed by atoms with van der Waals surface area (Å²) in [5.74, 6) is 0.0123. The number of hydrogen-bond donors (Lipinski definition) is 3. The summed E-state index contributed by atoms with van der Waals surface area (Å²) in [7, 11) is -4.26. The van der Waals surface area contributed by atoms with Crippen LogP contribution in [0.15, 0.2) is 12.7 Å². The molecule has 1 rings (SSSR count). The quantitative estimate of drug-likeness (QED) is 0.441. The van der Waals surface area contributed by atoms with Gasteiger partial charge in [-0.1, -0.05) is 6.08 Å². The predicted molar refractivity (Wildman–Crippen MR) is 39.2 cm³/mol. The Labute approximate surface area is 67.7 Å². The first kappa shape index (κ1) is 9.05. The van der Waals surface area contributed by atoms with E-state index >= 15 is 0 Å². The molecule has 0 aliphatic carbocycles. The standard InChI is InChI=1S/C4H7N4O3P/c1-2-3(12(9,10)11)4-5-7-8-6-4/h2-3H,1H2,(H2,9,10,11)(H,5,6,7,8). The molecule has 7 nitrogen and oxygen atoms in total. The van der Waals surface area contributed by atoms with E-state index in [1.165, 1.54) is 0 Å². The molecule has 1 heterocycles. The maximum absolute atomic E-state index is 10.8. The molecule has 0 aromatic carbocycles. The normalized spacial score (nSPS) is 14.2. The highest BCUT2D eigenvalue weighted by Gasteiger charge is 2.30. The predicted octanol–water partition coefficient (Wildman–Crippen LogP) is -0.396. The second kappa shape index (κ2) is 3.14. The van der Waals surface area contributed by atoms with E-state index in [1.54, 1.807) is 0 Å². The lowest BCUT2D eigenvalue weighted by molar-refractivity contribution is 0.364. The lowest BCUT2D eigenvalue weighted by Gasteiger charge is -2.09. The number of hydrogen-bond acceptors (Lipinski definition) is 4. The van der Waals surface area contributed by atoms with Gasteiger partial charge < -0.3 is 9.79 Å². The molecule has 1 unspecified atom stereocenters. The van der Waals surface area contributed by atoms with Gasteiger partial charge in [-0.3, -0.25) is 4.57 Å². The van der Waals surface area contributed by atoms with E-state index in [0.717, 1.165) is 6.08 Å². The molecule has 12 heavy (non-hydrogen) atoms. The molecular weight excluding hydrogens is 183 g/mol. The van der Waals surface area contributed by atoms with Crippen molar-refractivity contribution in [2.45, 2.75) is 5.66 Å². The molecule has 0 amide bonds. The zero-order valence-electron chi connectivity index (χ0n) is 5.95. The maximum atomic E-state index is 10.8. The van der Waals surface area contributed by atoms with Crippen molar-refractivity contribution in [2.24, 2.45) is 0 Å². The topological polar surface area (TPSA) is 112 Å². The number of allylic oxidation sites excluding steroid dienone is 1. The number of aromatic amines is 1. The van der Waals surface area contributed by atoms with Gasteiger partial charge in [-0.05, 0) is 10.4 Å². The van der Waals surface area contributed by atoms with Crippen LogP contribution in [0.5, 0.6) is 0 Å². The summed E-state index contributed by atoms with van der Waals surface area (Å²) >= 11 is 0. The Morgan fingerprint density at radius 1 is 1.67 bits per heavy atom. The second-order valence-corrected chi connectivity index (χ2v) is 3.79. The van der Waals surface area contributed by atoms with Crippen LogP contribution in [-0.2, 0) is 4.57 Å². The molecule has 1 aromatic heterocycles. The number of nitrogens with one attached hydrogen (secondary N) is 1. The number of nitrogens with zero attached hydrogens (tertiary/aromatic N) is 3. The van der Waals surface area contributed by atoms with Gasteiger partial charge in [0.25, 0.3) is 0 Å². The van der Waals surface area contributed by atoms with E-state index in [4.69, 9.17) is 9.79 Å². The molecule has 0 fully saturated rings. The summed E-state index contributed by atoms with van der Waals surface area (Å²) in [6.45, 7) is 3.28. The largest absolute Gasteiger partial charge is 0.340 e. The third-order valence-electron chi connectivity index (χ3n) is 1.23. The molecule has 66 valence electrons. The van der Waals surface area contributed by atoms with Crippen LogP contribution in [0, 0.1) is 0 Å². The third-order valence-corrected chi connectivity index (χ3v) is 2.41. The molecule has 0 bridgehead atoms. The van der Waals surface area contributed by atoms with Crippen molar-refractivity contribution in [1.29, 1.82) is 0 Å². The Morgan fingerprint density at radius 2 is 2.33 bits per heavy atom. The van der Waals surface area contributed by atoms with Gasteiger partial charge in [-0.15, -0.1) is 11.7 Å². The van der Waals surface area contributed by atoms with E-state index in [-0.39, 0.29) is 5.82 Å². The summed E-state index contributed by atoms with van der Waals surface area (Å²) in [5.41, 5.74) is -1.16. The lowest BCUT2D eigenvalue weighted by atomic mass is 10.4. The highest BCUT2D eigenvalue weighted by atomic mass is 31.2. The van der Waals surface area contributed by atoms with Crippen LogP contribution in [0.4, 0.5) is 0 Å². The Bertz CT molecular complexity index is 304. The minimum atomic E-state index is -4.26. The highest BCUT2D eigenvalue weighted by molar-refractivity contribution is 7.52. The van der Waals surface area contributed by atoms with Crippen LogP contribution in [-0.4, -0.2) is 30.4 Å². The van der Waals surface area contributed by atoms with Gasteiger partial charge in [0.15, 0.2) is 5.82 Å². The number of tetrazole rings is 1. The van der Waals surface area contributed by atoms with E-state index in [2.05, 4.69) is 27.2 Å². The molecule has 0 spiro atoms. The van der Waals surface area contributed by atoms with Gasteiger partial charge in [0.2, 0.25) is 0 Å². The smallest absolute Gasteiger partial charge is 0.324 e. The van der Waals surface area contributed by atoms with Crippen LogP contribution < -0.4 is 0 Å². The molecule has 1 atom stereocenters. The number of H-pyrrole nitrogens is 1. The first-order valence-corrected chi connectivity index (χ1v) is 4.65. The fourth-order valence-corrected chi connectivity index (χ4v) is 1.40. The number of rotatable bonds is 3. The molecule has 0 saturated carbocycles. The fourth-order valence-electron chi connectivity index (χ4n) is 0.700. The van der Waals surface area contributed by atoms with Crippen LogP contribution in [0.2, 0.25) is 0 Å². The summed E-state index contributed by atoms with van der Waals surface area (Å²) in [6, 6.07) is 0. The van der Waals surface area contributed by atoms with E-state index in [1.807, 2.05) is 0 Å². The van der Waals surface area contributed by atoms with Crippen molar-refractivity contribution >= 4 is 7.60 Å². The van der Waals surface area contributed by atoms with Crippen LogP contribution in [0.1, 0.15) is 11.5 Å². The molecular formula is C4H7N4O3P. The fraction of sp³-hybridized carbons (Fsp3) is 0.250. The van der Waals surface area contributed by atoms with E-state index in [9.17, 15) is 4.57 Å². The second-order valence-electron chi connectivity index (χ2n) is 2.06. The maximum Gasteiger partial charge on any atom is 0.340 e.